The van der Waals surface area contributed by atoms with Crippen molar-refractivity contribution in [1.82, 2.24) is 10.2 Å². The molecule has 0 bridgehead atoms. The van der Waals surface area contributed by atoms with Gasteiger partial charge in [0, 0.05) is 30.0 Å². The van der Waals surface area contributed by atoms with E-state index >= 15 is 0 Å². The summed E-state index contributed by atoms with van der Waals surface area (Å²) in [6, 6.07) is 20.8. The van der Waals surface area contributed by atoms with Gasteiger partial charge in [0.1, 0.15) is 25.8 Å². The molecule has 218 valence electrons. The third-order valence-corrected chi connectivity index (χ3v) is 8.89. The Hall–Kier alpha value is -3.57. The van der Waals surface area contributed by atoms with Crippen molar-refractivity contribution in [3.63, 3.8) is 0 Å². The zero-order chi connectivity index (χ0) is 29.4. The largest absolute Gasteiger partial charge is 0.486 e. The number of sulfonamides is 1. The number of nitrogens with zero attached hydrogens (tertiary/aromatic N) is 2. The summed E-state index contributed by atoms with van der Waals surface area (Å²) in [6.07, 6.45) is 0.261. The molecular weight excluding hydrogens is 610 g/mol. The third-order valence-electron chi connectivity index (χ3n) is 6.66. The minimum atomic E-state index is -3.88. The number of amides is 2. The van der Waals surface area contributed by atoms with Crippen LogP contribution in [0.1, 0.15) is 25.0 Å². The zero-order valence-electron chi connectivity index (χ0n) is 23.1. The molecule has 1 aliphatic heterocycles. The predicted octanol–water partition coefficient (Wildman–Crippen LogP) is 4.15. The highest BCUT2D eigenvalue weighted by atomic mass is 79.9. The molecule has 0 unspecified atom stereocenters. The van der Waals surface area contributed by atoms with Gasteiger partial charge in [-0.2, -0.15) is 0 Å². The Balaban J connectivity index is 1.74. The van der Waals surface area contributed by atoms with Crippen LogP contribution < -0.4 is 19.1 Å². The first-order valence-electron chi connectivity index (χ1n) is 13.5. The van der Waals surface area contributed by atoms with Gasteiger partial charge >= 0.3 is 0 Å². The lowest BCUT2D eigenvalue weighted by Crippen LogP contribution is -2.53. The van der Waals surface area contributed by atoms with Gasteiger partial charge in [-0.25, -0.2) is 8.42 Å². The van der Waals surface area contributed by atoms with Crippen LogP contribution in [-0.4, -0.2) is 63.2 Å². The highest BCUT2D eigenvalue weighted by molar-refractivity contribution is 9.10. The van der Waals surface area contributed by atoms with Crippen molar-refractivity contribution in [2.24, 2.45) is 0 Å². The minimum Gasteiger partial charge on any atom is -0.486 e. The molecule has 1 atom stereocenters. The number of benzene rings is 3. The molecule has 0 saturated carbocycles. The summed E-state index contributed by atoms with van der Waals surface area (Å²) in [7, 11) is -3.88. The van der Waals surface area contributed by atoms with Crippen LogP contribution in [-0.2, 0) is 32.6 Å². The first-order valence-corrected chi connectivity index (χ1v) is 15.9. The molecule has 11 heteroatoms. The van der Waals surface area contributed by atoms with Crippen LogP contribution in [0.3, 0.4) is 0 Å². The van der Waals surface area contributed by atoms with Crippen LogP contribution in [0.2, 0.25) is 0 Å². The number of halogens is 1. The molecule has 0 aliphatic carbocycles. The van der Waals surface area contributed by atoms with Crippen molar-refractivity contribution in [1.29, 1.82) is 0 Å². The van der Waals surface area contributed by atoms with E-state index in [0.29, 0.717) is 31.3 Å². The fourth-order valence-corrected chi connectivity index (χ4v) is 6.09. The fraction of sp³-hybridized carbons (Fsp3) is 0.333. The fourth-order valence-electron chi connectivity index (χ4n) is 4.58. The number of ether oxygens (including phenoxy) is 2. The number of fused-ring (bicyclic) bond motifs is 1. The maximum Gasteiger partial charge on any atom is 0.244 e. The lowest BCUT2D eigenvalue weighted by Gasteiger charge is -2.34. The molecule has 3 aromatic carbocycles. The Kier molecular flexibility index (Phi) is 10.3. The predicted molar refractivity (Wildman–Crippen MR) is 162 cm³/mol. The van der Waals surface area contributed by atoms with Crippen LogP contribution in [0.5, 0.6) is 11.5 Å². The maximum atomic E-state index is 14.2. The molecule has 1 N–H and O–H groups in total. The van der Waals surface area contributed by atoms with E-state index in [1.54, 1.807) is 18.2 Å². The van der Waals surface area contributed by atoms with Gasteiger partial charge in [-0.05, 0) is 49.2 Å². The van der Waals surface area contributed by atoms with Crippen molar-refractivity contribution in [3.8, 4) is 11.5 Å². The summed E-state index contributed by atoms with van der Waals surface area (Å²) < 4.78 is 39.8. The summed E-state index contributed by atoms with van der Waals surface area (Å²) in [5, 5.41) is 2.85. The van der Waals surface area contributed by atoms with Gasteiger partial charge in [-0.15, -0.1) is 0 Å². The molecule has 1 heterocycles. The zero-order valence-corrected chi connectivity index (χ0v) is 25.5. The van der Waals surface area contributed by atoms with Gasteiger partial charge in [0.2, 0.25) is 21.8 Å². The number of anilines is 1. The van der Waals surface area contributed by atoms with Crippen LogP contribution in [0.15, 0.2) is 77.3 Å². The van der Waals surface area contributed by atoms with Crippen LogP contribution in [0.4, 0.5) is 5.69 Å². The molecule has 0 fully saturated rings. The molecule has 41 heavy (non-hydrogen) atoms. The van der Waals surface area contributed by atoms with Gasteiger partial charge in [-0.1, -0.05) is 58.4 Å². The van der Waals surface area contributed by atoms with Gasteiger partial charge in [0.15, 0.2) is 11.5 Å². The Bertz CT molecular complexity index is 1470. The summed E-state index contributed by atoms with van der Waals surface area (Å²) in [5.74, 6) is -0.124. The molecule has 0 spiro atoms. The van der Waals surface area contributed by atoms with E-state index in [1.165, 1.54) is 11.8 Å². The average Bonchev–Trinajstić information content (AvgIpc) is 2.98. The smallest absolute Gasteiger partial charge is 0.244 e. The standard InChI is InChI=1S/C30H34BrN3O6S/c1-3-32-30(36)26(18-22-9-6-5-7-10-22)33(20-23-11-8-12-24(31)17-23)29(35)21-34(41(37,38)4-2)25-13-14-27-28(19-25)40-16-15-39-27/h5-14,17,19,26H,3-4,15-16,18,20-21H2,1-2H3,(H,32,36)/t26-/m0/s1. The van der Waals surface area contributed by atoms with E-state index in [0.717, 1.165) is 19.9 Å². The highest BCUT2D eigenvalue weighted by Crippen LogP contribution is 2.35. The van der Waals surface area contributed by atoms with E-state index in [4.69, 9.17) is 9.47 Å². The van der Waals surface area contributed by atoms with E-state index in [-0.39, 0.29) is 30.3 Å². The van der Waals surface area contributed by atoms with E-state index in [1.807, 2.05) is 61.5 Å². The van der Waals surface area contributed by atoms with Gasteiger partial charge < -0.3 is 19.7 Å². The lowest BCUT2D eigenvalue weighted by molar-refractivity contribution is -0.140. The summed E-state index contributed by atoms with van der Waals surface area (Å²) >= 11 is 3.48. The summed E-state index contributed by atoms with van der Waals surface area (Å²) in [6.45, 7) is 4.07. The molecule has 0 radical (unpaired) electrons. The molecule has 0 aromatic heterocycles. The average molecular weight is 645 g/mol. The molecule has 0 saturated heterocycles. The number of carbonyl (C=O) groups is 2. The molecule has 2 amide bonds. The van der Waals surface area contributed by atoms with Gasteiger partial charge in [0.25, 0.3) is 0 Å². The number of nitrogens with one attached hydrogen (secondary N) is 1. The molecular formula is C30H34BrN3O6S. The van der Waals surface area contributed by atoms with Crippen LogP contribution in [0, 0.1) is 0 Å². The summed E-state index contributed by atoms with van der Waals surface area (Å²) in [5.41, 5.74) is 1.95. The Morgan fingerprint density at radius 2 is 1.63 bits per heavy atom. The second kappa shape index (κ2) is 13.9. The van der Waals surface area contributed by atoms with Gasteiger partial charge in [0.05, 0.1) is 11.4 Å². The van der Waals surface area contributed by atoms with E-state index < -0.39 is 28.5 Å². The first kappa shape index (κ1) is 30.4. The van der Waals surface area contributed by atoms with Crippen molar-refractivity contribution in [2.75, 3.05) is 36.4 Å². The Morgan fingerprint density at radius 3 is 2.32 bits per heavy atom. The molecule has 9 nitrogen and oxygen atoms in total. The molecule has 3 aromatic rings. The van der Waals surface area contributed by atoms with Gasteiger partial charge in [-0.3, -0.25) is 13.9 Å². The second-order valence-corrected chi connectivity index (χ2v) is 12.6. The molecule has 1 aliphatic rings. The Labute approximate surface area is 249 Å². The monoisotopic (exact) mass is 643 g/mol. The van der Waals surface area contributed by atoms with E-state index in [9.17, 15) is 18.0 Å². The van der Waals surface area contributed by atoms with E-state index in [2.05, 4.69) is 21.2 Å². The number of hydrogen-bond acceptors (Lipinski definition) is 6. The number of hydrogen-bond donors (Lipinski definition) is 1. The number of likely N-dealkylation sites (N-methyl/N-ethyl adjacent to an activating group) is 1. The normalized spacial score (nSPS) is 13.2. The van der Waals surface area contributed by atoms with Crippen molar-refractivity contribution < 1.29 is 27.5 Å². The number of carbonyl (C=O) groups excluding carboxylic acids is 2. The quantitative estimate of drug-likeness (QED) is 0.318. The highest BCUT2D eigenvalue weighted by Gasteiger charge is 2.34. The topological polar surface area (TPSA) is 105 Å². The second-order valence-electron chi connectivity index (χ2n) is 9.49. The Morgan fingerprint density at radius 1 is 0.927 bits per heavy atom. The SMILES string of the molecule is CCNC(=O)[C@H](Cc1ccccc1)N(Cc1cccc(Br)c1)C(=O)CN(c1ccc2c(c1)OCCO2)S(=O)(=O)CC. The van der Waals surface area contributed by atoms with Crippen LogP contribution in [0.25, 0.3) is 0 Å². The summed E-state index contributed by atoms with van der Waals surface area (Å²) in [4.78, 5) is 29.1. The number of rotatable bonds is 12. The molecule has 4 rings (SSSR count). The first-order chi connectivity index (χ1) is 19.7. The van der Waals surface area contributed by atoms with Crippen molar-refractivity contribution in [3.05, 3.63) is 88.4 Å². The maximum absolute atomic E-state index is 14.2. The lowest BCUT2D eigenvalue weighted by atomic mass is 10.0. The van der Waals surface area contributed by atoms with Crippen molar-refractivity contribution >= 4 is 43.5 Å². The third kappa shape index (κ3) is 7.80. The van der Waals surface area contributed by atoms with Crippen LogP contribution >= 0.6 is 15.9 Å². The minimum absolute atomic E-state index is 0.105. The van der Waals surface area contributed by atoms with Crippen molar-refractivity contribution in [2.45, 2.75) is 32.9 Å².